The number of esters is 1. The molecular weight excluding hydrogens is 943 g/mol. The van der Waals surface area contributed by atoms with E-state index in [1.165, 1.54) is 0 Å². The Bertz CT molecular complexity index is 1800. The van der Waals surface area contributed by atoms with Crippen molar-refractivity contribution >= 4 is 59.3 Å². The molecule has 9 N–H and O–H groups in total. The summed E-state index contributed by atoms with van der Waals surface area (Å²) in [7, 11) is 0. The number of amides is 7. The van der Waals surface area contributed by atoms with Gasteiger partial charge in [0.25, 0.3) is 0 Å². The van der Waals surface area contributed by atoms with Crippen LogP contribution in [0.2, 0.25) is 0 Å². The Kier molecular flexibility index (Phi) is 30.8. The van der Waals surface area contributed by atoms with E-state index in [0.717, 1.165) is 44.9 Å². The number of aliphatic carboxylic acids is 2. The van der Waals surface area contributed by atoms with Gasteiger partial charge >= 0.3 is 17.9 Å². The van der Waals surface area contributed by atoms with E-state index in [0.29, 0.717) is 12.3 Å². The fourth-order valence-corrected chi connectivity index (χ4v) is 8.55. The van der Waals surface area contributed by atoms with Crippen molar-refractivity contribution in [3.05, 3.63) is 0 Å². The van der Waals surface area contributed by atoms with E-state index < -0.39 is 133 Å². The number of hydrogen-bond acceptors (Lipinski definition) is 11. The lowest BCUT2D eigenvalue weighted by Crippen LogP contribution is -2.60. The molecule has 0 aromatic heterocycles. The molecule has 1 rings (SSSR count). The monoisotopic (exact) mass is 1040 g/mol. The minimum Gasteiger partial charge on any atom is -0.481 e. The molecule has 20 heteroatoms. The zero-order chi connectivity index (χ0) is 55.5. The molecule has 5 unspecified atom stereocenters. The molecule has 1 saturated heterocycles. The second kappa shape index (κ2) is 34.2. The average molecular weight is 1040 g/mol. The van der Waals surface area contributed by atoms with E-state index in [1.807, 2.05) is 13.8 Å². The van der Waals surface area contributed by atoms with Crippen LogP contribution in [0.1, 0.15) is 192 Å². The van der Waals surface area contributed by atoms with E-state index >= 15 is 0 Å². The summed E-state index contributed by atoms with van der Waals surface area (Å²) in [5, 5.41) is 37.9. The molecule has 7 amide bonds. The number of hydrogen-bond donors (Lipinski definition) is 9. The zero-order valence-electron chi connectivity index (χ0n) is 46.0. The summed E-state index contributed by atoms with van der Waals surface area (Å²) in [6, 6.07) is -9.64. The van der Waals surface area contributed by atoms with Gasteiger partial charge in [-0.25, -0.2) is 4.79 Å². The van der Waals surface area contributed by atoms with Gasteiger partial charge in [-0.3, -0.25) is 43.2 Å². The van der Waals surface area contributed by atoms with Crippen LogP contribution in [0.4, 0.5) is 0 Å². The maximum atomic E-state index is 14.2. The van der Waals surface area contributed by atoms with E-state index in [1.54, 1.807) is 55.4 Å². The Morgan fingerprint density at radius 3 is 1.21 bits per heavy atom. The fraction of sp³-hybridized carbons (Fsp3) is 0.811. The first-order valence-corrected chi connectivity index (χ1v) is 26.8. The highest BCUT2D eigenvalue weighted by atomic mass is 16.5. The summed E-state index contributed by atoms with van der Waals surface area (Å²) in [5.74, 6) is -10.1. The smallest absolute Gasteiger partial charge is 0.329 e. The topological polar surface area (TPSA) is 305 Å². The predicted octanol–water partition coefficient (Wildman–Crippen LogP) is 5.04. The largest absolute Gasteiger partial charge is 0.481 e. The van der Waals surface area contributed by atoms with Crippen molar-refractivity contribution in [2.24, 2.45) is 35.5 Å². The van der Waals surface area contributed by atoms with Crippen LogP contribution in [0.15, 0.2) is 0 Å². The Balaban J connectivity index is 3.94. The van der Waals surface area contributed by atoms with Gasteiger partial charge in [-0.05, 0) is 80.5 Å². The summed E-state index contributed by atoms with van der Waals surface area (Å²) >= 11 is 0. The lowest BCUT2D eigenvalue weighted by molar-refractivity contribution is -0.156. The summed E-state index contributed by atoms with van der Waals surface area (Å²) in [5.41, 5.74) is 0. The van der Waals surface area contributed by atoms with Crippen LogP contribution in [0, 0.1) is 35.5 Å². The number of carboxylic acids is 2. The Morgan fingerprint density at radius 2 is 0.822 bits per heavy atom. The van der Waals surface area contributed by atoms with Crippen LogP contribution in [0.3, 0.4) is 0 Å². The first-order valence-electron chi connectivity index (χ1n) is 26.8. The van der Waals surface area contributed by atoms with Gasteiger partial charge in [0.15, 0.2) is 0 Å². The highest BCUT2D eigenvalue weighted by Crippen LogP contribution is 2.19. The normalized spacial score (nSPS) is 24.0. The summed E-state index contributed by atoms with van der Waals surface area (Å²) in [6.45, 7) is 22.1. The minimum absolute atomic E-state index is 0.0292. The number of carboxylic acid groups (broad SMARTS) is 2. The van der Waals surface area contributed by atoms with Gasteiger partial charge in [0.05, 0.1) is 12.8 Å². The van der Waals surface area contributed by atoms with Crippen LogP contribution in [0.25, 0.3) is 0 Å². The van der Waals surface area contributed by atoms with Crippen molar-refractivity contribution in [3.63, 3.8) is 0 Å². The van der Waals surface area contributed by atoms with Crippen molar-refractivity contribution < 1.29 is 62.9 Å². The SMILES string of the molecule is CC(C)CCCCCCCCCC1CC(=O)N[C@@H](CCC(=O)O)C(=O)NC(CC(C)C)C(=O)NC(CC(C)C)C(=O)NC(CC(C)C)C(=O)N[C@@H](CC(=O)O)C(=O)NC(CC(C)C)C(=O)N[C@@H](C(C)C)C(=O)O1. The van der Waals surface area contributed by atoms with Crippen molar-refractivity contribution in [2.45, 2.75) is 241 Å². The maximum absolute atomic E-state index is 14.2. The third-order valence-corrected chi connectivity index (χ3v) is 12.4. The molecule has 0 radical (unpaired) electrons. The number of unbranched alkanes of at least 4 members (excludes halogenated alkanes) is 6. The minimum atomic E-state index is -1.72. The van der Waals surface area contributed by atoms with Gasteiger partial charge in [-0.15, -0.1) is 0 Å². The maximum Gasteiger partial charge on any atom is 0.329 e. The van der Waals surface area contributed by atoms with Gasteiger partial charge in [0.1, 0.15) is 48.4 Å². The average Bonchev–Trinajstić information content (AvgIpc) is 3.26. The quantitative estimate of drug-likeness (QED) is 0.0453. The highest BCUT2D eigenvalue weighted by molar-refractivity contribution is 5.98. The molecule has 0 aromatic rings. The molecule has 418 valence electrons. The third-order valence-electron chi connectivity index (χ3n) is 12.4. The molecule has 8 atom stereocenters. The van der Waals surface area contributed by atoms with Crippen LogP contribution in [-0.2, 0) is 52.7 Å². The van der Waals surface area contributed by atoms with Gasteiger partial charge in [0.2, 0.25) is 41.4 Å². The molecule has 0 spiro atoms. The van der Waals surface area contributed by atoms with Gasteiger partial charge in [-0.2, -0.15) is 0 Å². The molecule has 0 aliphatic carbocycles. The van der Waals surface area contributed by atoms with E-state index in [2.05, 4.69) is 51.1 Å². The summed E-state index contributed by atoms with van der Waals surface area (Å²) < 4.78 is 6.01. The van der Waals surface area contributed by atoms with Gasteiger partial charge in [-0.1, -0.05) is 128 Å². The number of nitrogens with one attached hydrogen (secondary N) is 7. The van der Waals surface area contributed by atoms with E-state index in [4.69, 9.17) is 4.74 Å². The van der Waals surface area contributed by atoms with E-state index in [9.17, 15) is 58.2 Å². The van der Waals surface area contributed by atoms with Crippen molar-refractivity contribution in [1.82, 2.24) is 37.2 Å². The van der Waals surface area contributed by atoms with Crippen molar-refractivity contribution in [1.29, 1.82) is 0 Å². The van der Waals surface area contributed by atoms with Gasteiger partial charge in [0, 0.05) is 6.42 Å². The summed E-state index contributed by atoms with van der Waals surface area (Å²) in [6.07, 6.45) is 4.95. The number of cyclic esters (lactones) is 1. The number of rotatable bonds is 24. The van der Waals surface area contributed by atoms with Gasteiger partial charge < -0.3 is 52.2 Å². The van der Waals surface area contributed by atoms with Crippen LogP contribution in [-0.4, -0.2) is 118 Å². The van der Waals surface area contributed by atoms with Crippen molar-refractivity contribution in [2.75, 3.05) is 0 Å². The number of carbonyl (C=O) groups excluding carboxylic acids is 8. The number of ether oxygens (including phenoxy) is 1. The Morgan fingerprint density at radius 1 is 0.452 bits per heavy atom. The van der Waals surface area contributed by atoms with Crippen LogP contribution < -0.4 is 37.2 Å². The first kappa shape index (κ1) is 65.7. The number of carbonyl (C=O) groups is 10. The standard InChI is InChI=1S/C53H93N7O13/c1-30(2)20-18-16-14-13-15-17-19-21-36-28-43(61)54-37(22-23-44(62)63)47(66)55-38(24-31(3)4)48(67)56-39(25-32(5)6)49(68)57-40(26-33(7)8)50(69)59-42(29-45(64)65)51(70)58-41(27-34(9)10)52(71)60-46(35(11)12)53(72)73-36/h30-42,46H,13-29H2,1-12H3,(H,54,61)(H,55,66)(H,56,67)(H,57,68)(H,58,70)(H,59,69)(H,60,71)(H,62,63)(H,64,65)/t36?,37-,38?,39?,40?,41?,42-,46-/m0/s1. The Labute approximate surface area is 434 Å². The molecule has 1 fully saturated rings. The van der Waals surface area contributed by atoms with Crippen LogP contribution in [0.5, 0.6) is 0 Å². The molecule has 0 aromatic carbocycles. The fourth-order valence-electron chi connectivity index (χ4n) is 8.55. The van der Waals surface area contributed by atoms with E-state index in [-0.39, 0.29) is 62.2 Å². The molecule has 0 bridgehead atoms. The molecule has 73 heavy (non-hydrogen) atoms. The predicted molar refractivity (Wildman–Crippen MR) is 276 cm³/mol. The zero-order valence-corrected chi connectivity index (χ0v) is 46.0. The molecule has 0 saturated carbocycles. The summed E-state index contributed by atoms with van der Waals surface area (Å²) in [4.78, 5) is 137. The second-order valence-corrected chi connectivity index (χ2v) is 22.4. The van der Waals surface area contributed by atoms with Crippen LogP contribution >= 0.6 is 0 Å². The first-order chi connectivity index (χ1) is 34.1. The molecular formula is C53H93N7O13. The molecule has 1 aliphatic heterocycles. The highest BCUT2D eigenvalue weighted by Gasteiger charge is 2.37. The van der Waals surface area contributed by atoms with Crippen molar-refractivity contribution in [3.8, 4) is 0 Å². The molecule has 20 nitrogen and oxygen atoms in total. The third kappa shape index (κ3) is 28.1. The lowest BCUT2D eigenvalue weighted by Gasteiger charge is -2.29. The molecule has 1 aliphatic rings. The second-order valence-electron chi connectivity index (χ2n) is 22.4. The Hall–Kier alpha value is -5.30. The molecule has 1 heterocycles. The lowest BCUT2D eigenvalue weighted by atomic mass is 9.98.